The maximum Gasteiger partial charge on any atom is 0.129 e. The lowest BCUT2D eigenvalue weighted by Crippen LogP contribution is -2.26. The van der Waals surface area contributed by atoms with E-state index in [0.29, 0.717) is 23.2 Å². The maximum absolute atomic E-state index is 13.4. The molecule has 1 aromatic carbocycles. The molecule has 0 saturated carbocycles. The molecule has 1 N–H and O–H groups in total. The van der Waals surface area contributed by atoms with Crippen molar-refractivity contribution in [3.8, 4) is 0 Å². The molecule has 0 saturated heterocycles. The molecular weight excluding hydrogens is 245 g/mol. The molecule has 1 atom stereocenters. The zero-order valence-electron chi connectivity index (χ0n) is 9.59. The molecule has 1 nitrogen and oxygen atoms in total. The number of nitrogens with one attached hydrogen (secondary N) is 1. The van der Waals surface area contributed by atoms with E-state index in [9.17, 15) is 4.39 Å². The van der Waals surface area contributed by atoms with Crippen LogP contribution in [-0.4, -0.2) is 18.1 Å². The monoisotopic (exact) mass is 261 g/mol. The van der Waals surface area contributed by atoms with Crippen LogP contribution in [0, 0.1) is 5.82 Å². The predicted molar refractivity (Wildman–Crippen MR) is 70.7 cm³/mol. The third-order valence-electron chi connectivity index (χ3n) is 2.44. The van der Waals surface area contributed by atoms with Crippen LogP contribution in [0.5, 0.6) is 0 Å². The van der Waals surface area contributed by atoms with Gasteiger partial charge in [-0.2, -0.15) is 11.8 Å². The van der Waals surface area contributed by atoms with Gasteiger partial charge in [-0.25, -0.2) is 4.39 Å². The SMILES string of the molecule is CSCCC(C)NCc1c(F)cccc1Cl. The fourth-order valence-corrected chi connectivity index (χ4v) is 2.19. The van der Waals surface area contributed by atoms with Crippen molar-refractivity contribution in [2.24, 2.45) is 0 Å². The van der Waals surface area contributed by atoms with E-state index >= 15 is 0 Å². The highest BCUT2D eigenvalue weighted by molar-refractivity contribution is 7.98. The summed E-state index contributed by atoms with van der Waals surface area (Å²) >= 11 is 7.75. The van der Waals surface area contributed by atoms with Gasteiger partial charge in [-0.1, -0.05) is 17.7 Å². The van der Waals surface area contributed by atoms with Crippen molar-refractivity contribution >= 4 is 23.4 Å². The molecular formula is C12H17ClFNS. The Labute approximate surface area is 106 Å². The predicted octanol–water partition coefficient (Wildman–Crippen LogP) is 3.71. The van der Waals surface area contributed by atoms with E-state index in [4.69, 9.17) is 11.6 Å². The Bertz CT molecular complexity index is 313. The van der Waals surface area contributed by atoms with Gasteiger partial charge in [-0.15, -0.1) is 0 Å². The van der Waals surface area contributed by atoms with Crippen molar-refractivity contribution in [2.45, 2.75) is 25.9 Å². The van der Waals surface area contributed by atoms with Crippen LogP contribution < -0.4 is 5.32 Å². The van der Waals surface area contributed by atoms with Gasteiger partial charge < -0.3 is 5.32 Å². The molecule has 1 unspecified atom stereocenters. The van der Waals surface area contributed by atoms with Crippen LogP contribution in [0.4, 0.5) is 4.39 Å². The third-order valence-corrected chi connectivity index (χ3v) is 3.44. The highest BCUT2D eigenvalue weighted by atomic mass is 35.5. The largest absolute Gasteiger partial charge is 0.310 e. The van der Waals surface area contributed by atoms with Gasteiger partial charge in [0.25, 0.3) is 0 Å². The fourth-order valence-electron chi connectivity index (χ4n) is 1.37. The van der Waals surface area contributed by atoms with Gasteiger partial charge in [0.05, 0.1) is 0 Å². The van der Waals surface area contributed by atoms with Crippen LogP contribution in [0.3, 0.4) is 0 Å². The van der Waals surface area contributed by atoms with Gasteiger partial charge in [0.2, 0.25) is 0 Å². The fraction of sp³-hybridized carbons (Fsp3) is 0.500. The topological polar surface area (TPSA) is 12.0 Å². The zero-order chi connectivity index (χ0) is 12.0. The molecule has 0 fully saturated rings. The summed E-state index contributed by atoms with van der Waals surface area (Å²) in [5, 5.41) is 3.77. The highest BCUT2D eigenvalue weighted by Gasteiger charge is 2.08. The summed E-state index contributed by atoms with van der Waals surface area (Å²) in [5.41, 5.74) is 0.556. The Balaban J connectivity index is 2.48. The van der Waals surface area contributed by atoms with Crippen molar-refractivity contribution in [3.05, 3.63) is 34.6 Å². The van der Waals surface area contributed by atoms with Gasteiger partial charge >= 0.3 is 0 Å². The van der Waals surface area contributed by atoms with Gasteiger partial charge in [0, 0.05) is 23.2 Å². The van der Waals surface area contributed by atoms with E-state index < -0.39 is 0 Å². The second-order valence-electron chi connectivity index (χ2n) is 3.76. The summed E-state index contributed by atoms with van der Waals surface area (Å²) < 4.78 is 13.4. The van der Waals surface area contributed by atoms with Crippen LogP contribution in [0.1, 0.15) is 18.9 Å². The van der Waals surface area contributed by atoms with Crippen molar-refractivity contribution in [2.75, 3.05) is 12.0 Å². The zero-order valence-corrected chi connectivity index (χ0v) is 11.2. The number of hydrogen-bond acceptors (Lipinski definition) is 2. The molecule has 4 heteroatoms. The Kier molecular flexibility index (Phi) is 6.17. The summed E-state index contributed by atoms with van der Waals surface area (Å²) in [4.78, 5) is 0. The Morgan fingerprint density at radius 3 is 2.88 bits per heavy atom. The average Bonchev–Trinajstić information content (AvgIpc) is 2.25. The van der Waals surface area contributed by atoms with Crippen LogP contribution in [0.25, 0.3) is 0 Å². The Morgan fingerprint density at radius 2 is 2.25 bits per heavy atom. The molecule has 1 aromatic rings. The third kappa shape index (κ3) is 4.32. The lowest BCUT2D eigenvalue weighted by molar-refractivity contribution is 0.519. The second kappa shape index (κ2) is 7.15. The molecule has 16 heavy (non-hydrogen) atoms. The molecule has 1 rings (SSSR count). The van der Waals surface area contributed by atoms with Crippen molar-refractivity contribution in [1.82, 2.24) is 5.32 Å². The Hall–Kier alpha value is -0.250. The van der Waals surface area contributed by atoms with Gasteiger partial charge in [0.15, 0.2) is 0 Å². The molecule has 0 aliphatic rings. The van der Waals surface area contributed by atoms with Crippen LogP contribution in [-0.2, 0) is 6.54 Å². The minimum atomic E-state index is -0.239. The van der Waals surface area contributed by atoms with Crippen LogP contribution in [0.2, 0.25) is 5.02 Å². The molecule has 0 aliphatic heterocycles. The molecule has 0 spiro atoms. The summed E-state index contributed by atoms with van der Waals surface area (Å²) in [6.45, 7) is 2.59. The normalized spacial score (nSPS) is 12.8. The van der Waals surface area contributed by atoms with Crippen molar-refractivity contribution in [3.63, 3.8) is 0 Å². The number of hydrogen-bond donors (Lipinski definition) is 1. The van der Waals surface area contributed by atoms with E-state index in [1.54, 1.807) is 12.1 Å². The first kappa shape index (κ1) is 13.8. The highest BCUT2D eigenvalue weighted by Crippen LogP contribution is 2.18. The number of rotatable bonds is 6. The van der Waals surface area contributed by atoms with Crippen molar-refractivity contribution < 1.29 is 4.39 Å². The van der Waals surface area contributed by atoms with Crippen LogP contribution >= 0.6 is 23.4 Å². The van der Waals surface area contributed by atoms with E-state index in [1.807, 2.05) is 11.8 Å². The van der Waals surface area contributed by atoms with E-state index in [0.717, 1.165) is 12.2 Å². The molecule has 0 aromatic heterocycles. The first-order chi connectivity index (χ1) is 7.65. The molecule has 90 valence electrons. The van der Waals surface area contributed by atoms with Gasteiger partial charge in [0.1, 0.15) is 5.82 Å². The van der Waals surface area contributed by atoms with Crippen LogP contribution in [0.15, 0.2) is 18.2 Å². The van der Waals surface area contributed by atoms with E-state index in [1.165, 1.54) is 6.07 Å². The Morgan fingerprint density at radius 1 is 1.50 bits per heavy atom. The average molecular weight is 262 g/mol. The van der Waals surface area contributed by atoms with Gasteiger partial charge in [-0.05, 0) is 37.5 Å². The first-order valence-corrected chi connectivity index (χ1v) is 7.07. The number of halogens is 2. The lowest BCUT2D eigenvalue weighted by atomic mass is 10.2. The van der Waals surface area contributed by atoms with E-state index in [2.05, 4.69) is 18.5 Å². The molecule has 0 aliphatic carbocycles. The molecule has 0 radical (unpaired) electrons. The summed E-state index contributed by atoms with van der Waals surface area (Å²) in [5.74, 6) is 0.871. The maximum atomic E-state index is 13.4. The summed E-state index contributed by atoms with van der Waals surface area (Å²) in [6.07, 6.45) is 3.16. The van der Waals surface area contributed by atoms with Crippen molar-refractivity contribution in [1.29, 1.82) is 0 Å². The lowest BCUT2D eigenvalue weighted by Gasteiger charge is -2.14. The number of benzene rings is 1. The quantitative estimate of drug-likeness (QED) is 0.838. The summed E-state index contributed by atoms with van der Waals surface area (Å²) in [7, 11) is 0. The smallest absolute Gasteiger partial charge is 0.129 e. The molecule has 0 heterocycles. The standard InChI is InChI=1S/C12H17ClFNS/c1-9(6-7-16-2)15-8-10-11(13)4-3-5-12(10)14/h3-5,9,15H,6-8H2,1-2H3. The molecule has 0 bridgehead atoms. The minimum Gasteiger partial charge on any atom is -0.310 e. The second-order valence-corrected chi connectivity index (χ2v) is 5.16. The number of thioether (sulfide) groups is 1. The van der Waals surface area contributed by atoms with Gasteiger partial charge in [-0.3, -0.25) is 0 Å². The van der Waals surface area contributed by atoms with E-state index in [-0.39, 0.29) is 5.82 Å². The first-order valence-electron chi connectivity index (χ1n) is 5.30. The molecule has 0 amide bonds. The summed E-state index contributed by atoms with van der Waals surface area (Å²) in [6, 6.07) is 5.16. The minimum absolute atomic E-state index is 0.239.